The molecule has 22 heavy (non-hydrogen) atoms. The fourth-order valence-electron chi connectivity index (χ4n) is 2.84. The summed E-state index contributed by atoms with van der Waals surface area (Å²) in [5.41, 5.74) is 2.84. The molecule has 0 N–H and O–H groups in total. The van der Waals surface area contributed by atoms with Crippen molar-refractivity contribution in [3.8, 4) is 17.3 Å². The average Bonchev–Trinajstić information content (AvgIpc) is 3.29. The molecule has 3 aromatic rings. The Morgan fingerprint density at radius 1 is 1.36 bits per heavy atom. The van der Waals surface area contributed by atoms with Crippen molar-refractivity contribution in [1.29, 1.82) is 0 Å². The van der Waals surface area contributed by atoms with Gasteiger partial charge in [0.25, 0.3) is 0 Å². The van der Waals surface area contributed by atoms with E-state index in [2.05, 4.69) is 11.1 Å². The Hall–Kier alpha value is -2.69. The molecule has 0 bridgehead atoms. The molecule has 0 saturated heterocycles. The van der Waals surface area contributed by atoms with Gasteiger partial charge in [-0.05, 0) is 30.4 Å². The number of hydrogen-bond acceptors (Lipinski definition) is 4. The van der Waals surface area contributed by atoms with Crippen molar-refractivity contribution < 1.29 is 9.53 Å². The number of para-hydroxylation sites is 1. The van der Waals surface area contributed by atoms with Crippen LogP contribution in [0.4, 0.5) is 0 Å². The van der Waals surface area contributed by atoms with E-state index in [-0.39, 0.29) is 0 Å². The third kappa shape index (κ3) is 1.97. The first kappa shape index (κ1) is 13.0. The number of benzene rings is 1. The zero-order valence-corrected chi connectivity index (χ0v) is 12.2. The molecule has 110 valence electrons. The van der Waals surface area contributed by atoms with E-state index >= 15 is 0 Å². The molecular weight excluding hydrogens is 278 g/mol. The van der Waals surface area contributed by atoms with Crippen LogP contribution in [0.5, 0.6) is 5.75 Å². The number of hydrogen-bond donors (Lipinski definition) is 0. The number of nitrogens with zero attached hydrogens (tertiary/aromatic N) is 3. The van der Waals surface area contributed by atoms with Gasteiger partial charge in [0.2, 0.25) is 6.41 Å². The lowest BCUT2D eigenvalue weighted by molar-refractivity contribution is 0.419. The fourth-order valence-corrected chi connectivity index (χ4v) is 2.84. The molecular formula is C17H15N3O2. The van der Waals surface area contributed by atoms with Gasteiger partial charge in [0.05, 0.1) is 12.6 Å². The topological polar surface area (TPSA) is 57.0 Å². The minimum Gasteiger partial charge on any atom is -0.496 e. The molecule has 0 aliphatic heterocycles. The Labute approximate surface area is 127 Å². The van der Waals surface area contributed by atoms with Crippen molar-refractivity contribution in [2.75, 3.05) is 7.11 Å². The summed E-state index contributed by atoms with van der Waals surface area (Å²) in [6.07, 6.45) is 6.35. The van der Waals surface area contributed by atoms with E-state index in [1.54, 1.807) is 19.5 Å². The highest BCUT2D eigenvalue weighted by Gasteiger charge is 2.26. The maximum Gasteiger partial charge on any atom is 0.219 e. The van der Waals surface area contributed by atoms with E-state index in [9.17, 15) is 4.79 Å². The molecule has 1 aliphatic carbocycles. The van der Waals surface area contributed by atoms with Crippen molar-refractivity contribution in [3.63, 3.8) is 0 Å². The van der Waals surface area contributed by atoms with Crippen LogP contribution in [0.3, 0.4) is 0 Å². The summed E-state index contributed by atoms with van der Waals surface area (Å²) in [5, 5.41) is 1.000. The second-order valence-corrected chi connectivity index (χ2v) is 5.49. The number of methoxy groups -OCH3 is 1. The van der Waals surface area contributed by atoms with Crippen LogP contribution in [0.1, 0.15) is 24.3 Å². The predicted octanol–water partition coefficient (Wildman–Crippen LogP) is 3.02. The van der Waals surface area contributed by atoms with Crippen molar-refractivity contribution in [1.82, 2.24) is 14.5 Å². The van der Waals surface area contributed by atoms with Crippen LogP contribution in [0.25, 0.3) is 22.4 Å². The predicted molar refractivity (Wildman–Crippen MR) is 83.6 cm³/mol. The summed E-state index contributed by atoms with van der Waals surface area (Å²) < 4.78 is 6.95. The van der Waals surface area contributed by atoms with Gasteiger partial charge < -0.3 is 4.74 Å². The number of carbonyl (C=O) groups is 1. The highest BCUT2D eigenvalue weighted by Crippen LogP contribution is 2.44. The standard InChI is InChI=1S/C17H15N3O2/c1-22-15-9-14(17-18-7-8-20(17)10-21)19-16-12(11-5-6-11)3-2-4-13(15)16/h2-4,7-11H,5-6H2,1H3. The lowest BCUT2D eigenvalue weighted by Crippen LogP contribution is -2.00. The van der Waals surface area contributed by atoms with E-state index < -0.39 is 0 Å². The van der Waals surface area contributed by atoms with E-state index in [0.29, 0.717) is 17.4 Å². The lowest BCUT2D eigenvalue weighted by atomic mass is 10.0. The van der Waals surface area contributed by atoms with Crippen LogP contribution < -0.4 is 4.74 Å². The first-order valence-electron chi connectivity index (χ1n) is 7.28. The molecule has 1 saturated carbocycles. The molecule has 0 amide bonds. The van der Waals surface area contributed by atoms with Gasteiger partial charge in [-0.15, -0.1) is 0 Å². The summed E-state index contributed by atoms with van der Waals surface area (Å²) in [6, 6.07) is 8.03. The summed E-state index contributed by atoms with van der Waals surface area (Å²) >= 11 is 0. The lowest BCUT2D eigenvalue weighted by Gasteiger charge is -2.11. The molecule has 2 aromatic heterocycles. The third-order valence-electron chi connectivity index (χ3n) is 4.08. The van der Waals surface area contributed by atoms with Gasteiger partial charge in [-0.25, -0.2) is 9.97 Å². The SMILES string of the molecule is COc1cc(-c2nccn2C=O)nc2c(C3CC3)cccc12. The molecule has 5 nitrogen and oxygen atoms in total. The first-order chi connectivity index (χ1) is 10.8. The maximum atomic E-state index is 11.1. The Morgan fingerprint density at radius 3 is 2.95 bits per heavy atom. The van der Waals surface area contributed by atoms with E-state index in [0.717, 1.165) is 23.1 Å². The number of ether oxygens (including phenoxy) is 1. The normalized spacial score (nSPS) is 14.2. The molecule has 2 heterocycles. The summed E-state index contributed by atoms with van der Waals surface area (Å²) in [6.45, 7) is 0. The number of carbonyl (C=O) groups excluding carboxylic acids is 1. The minimum absolute atomic E-state index is 0.529. The average molecular weight is 293 g/mol. The number of aromatic nitrogens is 3. The van der Waals surface area contributed by atoms with Crippen molar-refractivity contribution in [2.45, 2.75) is 18.8 Å². The largest absolute Gasteiger partial charge is 0.496 e. The number of rotatable bonds is 4. The van der Waals surface area contributed by atoms with Crippen LogP contribution >= 0.6 is 0 Å². The van der Waals surface area contributed by atoms with Gasteiger partial charge in [0, 0.05) is 23.8 Å². The van der Waals surface area contributed by atoms with E-state index in [1.165, 1.54) is 23.0 Å². The third-order valence-corrected chi connectivity index (χ3v) is 4.08. The molecule has 0 radical (unpaired) electrons. The molecule has 1 aliphatic rings. The zero-order valence-electron chi connectivity index (χ0n) is 12.2. The molecule has 5 heteroatoms. The summed E-state index contributed by atoms with van der Waals surface area (Å²) in [4.78, 5) is 20.1. The molecule has 0 unspecified atom stereocenters. The Morgan fingerprint density at radius 2 is 2.23 bits per heavy atom. The van der Waals surface area contributed by atoms with Gasteiger partial charge >= 0.3 is 0 Å². The van der Waals surface area contributed by atoms with Crippen LogP contribution in [-0.2, 0) is 4.79 Å². The Kier molecular flexibility index (Phi) is 2.92. The monoisotopic (exact) mass is 293 g/mol. The van der Waals surface area contributed by atoms with Crippen LogP contribution in [0.2, 0.25) is 0 Å². The summed E-state index contributed by atoms with van der Waals surface area (Å²) in [5.74, 6) is 1.87. The number of imidazole rings is 1. The zero-order chi connectivity index (χ0) is 15.1. The van der Waals surface area contributed by atoms with Gasteiger partial charge in [-0.2, -0.15) is 0 Å². The number of fused-ring (bicyclic) bond motifs is 1. The van der Waals surface area contributed by atoms with Gasteiger partial charge in [0.1, 0.15) is 11.4 Å². The van der Waals surface area contributed by atoms with Gasteiger partial charge in [-0.1, -0.05) is 12.1 Å². The molecule has 0 spiro atoms. The van der Waals surface area contributed by atoms with E-state index in [4.69, 9.17) is 9.72 Å². The number of pyridine rings is 1. The van der Waals surface area contributed by atoms with Crippen molar-refractivity contribution >= 4 is 17.3 Å². The highest BCUT2D eigenvalue weighted by molar-refractivity contribution is 5.90. The Balaban J connectivity index is 2.00. The van der Waals surface area contributed by atoms with Crippen LogP contribution in [0.15, 0.2) is 36.7 Å². The second-order valence-electron chi connectivity index (χ2n) is 5.49. The highest BCUT2D eigenvalue weighted by atomic mass is 16.5. The fraction of sp³-hybridized carbons (Fsp3) is 0.235. The summed E-state index contributed by atoms with van der Waals surface area (Å²) in [7, 11) is 1.65. The van der Waals surface area contributed by atoms with Crippen molar-refractivity contribution in [3.05, 3.63) is 42.2 Å². The smallest absolute Gasteiger partial charge is 0.219 e. The van der Waals surface area contributed by atoms with Gasteiger partial charge in [-0.3, -0.25) is 9.36 Å². The first-order valence-corrected chi connectivity index (χ1v) is 7.28. The van der Waals surface area contributed by atoms with Crippen LogP contribution in [0, 0.1) is 0 Å². The Bertz CT molecular complexity index is 865. The quantitative estimate of drug-likeness (QED) is 0.694. The van der Waals surface area contributed by atoms with Crippen LogP contribution in [-0.4, -0.2) is 28.1 Å². The molecule has 1 aromatic carbocycles. The minimum atomic E-state index is 0.529. The van der Waals surface area contributed by atoms with Gasteiger partial charge in [0.15, 0.2) is 5.82 Å². The van der Waals surface area contributed by atoms with Crippen molar-refractivity contribution in [2.24, 2.45) is 0 Å². The molecule has 4 rings (SSSR count). The molecule has 1 fully saturated rings. The second kappa shape index (κ2) is 4.94. The van der Waals surface area contributed by atoms with E-state index in [1.807, 2.05) is 18.2 Å². The molecule has 0 atom stereocenters. The maximum absolute atomic E-state index is 11.1.